The highest BCUT2D eigenvalue weighted by atomic mass is 79.9. The maximum absolute atomic E-state index is 11.6. The van der Waals surface area contributed by atoms with Crippen LogP contribution in [-0.4, -0.2) is 36.7 Å². The van der Waals surface area contributed by atoms with Crippen LogP contribution < -0.4 is 10.6 Å². The first-order chi connectivity index (χ1) is 8.74. The van der Waals surface area contributed by atoms with Crippen molar-refractivity contribution in [2.24, 2.45) is 0 Å². The van der Waals surface area contributed by atoms with Gasteiger partial charge in [0.2, 0.25) is 0 Å². The van der Waals surface area contributed by atoms with Crippen molar-refractivity contribution in [2.75, 3.05) is 25.0 Å². The Morgan fingerprint density at radius 3 is 2.94 bits per heavy atom. The van der Waals surface area contributed by atoms with Crippen LogP contribution in [0.4, 0.5) is 5.82 Å². The number of pyridine rings is 1. The molecule has 1 aromatic heterocycles. The first-order valence-corrected chi connectivity index (χ1v) is 6.77. The molecule has 2 N–H and O–H groups in total. The van der Waals surface area contributed by atoms with Gasteiger partial charge in [-0.2, -0.15) is 0 Å². The molecule has 98 valence electrons. The van der Waals surface area contributed by atoms with E-state index in [1.54, 1.807) is 12.3 Å². The summed E-state index contributed by atoms with van der Waals surface area (Å²) in [4.78, 5) is 15.7. The summed E-state index contributed by atoms with van der Waals surface area (Å²) in [5.74, 6) is 0.375. The Balaban J connectivity index is 1.73. The van der Waals surface area contributed by atoms with Crippen molar-refractivity contribution in [1.29, 1.82) is 0 Å². The van der Waals surface area contributed by atoms with Gasteiger partial charge in [0, 0.05) is 10.7 Å². The smallest absolute Gasteiger partial charge is 0.251 e. The Labute approximate surface area is 114 Å². The molecule has 1 aliphatic heterocycles. The average molecular weight is 314 g/mol. The van der Waals surface area contributed by atoms with Crippen molar-refractivity contribution in [1.82, 2.24) is 10.3 Å². The van der Waals surface area contributed by atoms with E-state index in [2.05, 4.69) is 31.5 Å². The Morgan fingerprint density at radius 2 is 2.28 bits per heavy atom. The fourth-order valence-corrected chi connectivity index (χ4v) is 2.02. The number of anilines is 1. The number of hydrogen-bond donors (Lipinski definition) is 2. The van der Waals surface area contributed by atoms with Crippen LogP contribution in [-0.2, 0) is 9.53 Å². The predicted octanol–water partition coefficient (Wildman–Crippen LogP) is 1.55. The van der Waals surface area contributed by atoms with Crippen LogP contribution in [0.25, 0.3) is 0 Å². The minimum atomic E-state index is -0.164. The molecule has 1 aliphatic rings. The third-order valence-corrected chi connectivity index (χ3v) is 3.20. The first-order valence-electron chi connectivity index (χ1n) is 5.98. The molecule has 0 saturated carbocycles. The van der Waals surface area contributed by atoms with Gasteiger partial charge in [0.15, 0.2) is 0 Å². The molecule has 18 heavy (non-hydrogen) atoms. The third kappa shape index (κ3) is 4.36. The SMILES string of the molecule is O=C(COC1CCNCC1)Nc1ccc(Br)cn1. The van der Waals surface area contributed by atoms with E-state index < -0.39 is 0 Å². The molecule has 0 aromatic carbocycles. The number of amides is 1. The number of rotatable bonds is 4. The monoisotopic (exact) mass is 313 g/mol. The van der Waals surface area contributed by atoms with Crippen molar-refractivity contribution >= 4 is 27.7 Å². The molecular formula is C12H16BrN3O2. The van der Waals surface area contributed by atoms with Crippen LogP contribution in [0.5, 0.6) is 0 Å². The summed E-state index contributed by atoms with van der Waals surface area (Å²) in [6, 6.07) is 3.57. The zero-order chi connectivity index (χ0) is 12.8. The van der Waals surface area contributed by atoms with Gasteiger partial charge < -0.3 is 15.4 Å². The second-order valence-corrected chi connectivity index (χ2v) is 5.09. The summed E-state index contributed by atoms with van der Waals surface area (Å²) >= 11 is 3.29. The molecule has 0 radical (unpaired) electrons. The molecule has 0 atom stereocenters. The summed E-state index contributed by atoms with van der Waals surface area (Å²) in [6.07, 6.45) is 3.76. The molecule has 1 saturated heterocycles. The molecule has 0 spiro atoms. The summed E-state index contributed by atoms with van der Waals surface area (Å²) < 4.78 is 6.43. The lowest BCUT2D eigenvalue weighted by molar-refractivity contribution is -0.123. The number of carbonyl (C=O) groups excluding carboxylic acids is 1. The summed E-state index contributed by atoms with van der Waals surface area (Å²) in [5.41, 5.74) is 0. The second-order valence-electron chi connectivity index (χ2n) is 4.17. The lowest BCUT2D eigenvalue weighted by atomic mass is 10.1. The highest BCUT2D eigenvalue weighted by Gasteiger charge is 2.14. The molecule has 1 amide bonds. The van der Waals surface area contributed by atoms with E-state index in [9.17, 15) is 4.79 Å². The number of nitrogens with zero attached hydrogens (tertiary/aromatic N) is 1. The van der Waals surface area contributed by atoms with Crippen molar-refractivity contribution in [3.63, 3.8) is 0 Å². The van der Waals surface area contributed by atoms with E-state index in [1.165, 1.54) is 0 Å². The zero-order valence-electron chi connectivity index (χ0n) is 9.99. The maximum Gasteiger partial charge on any atom is 0.251 e. The van der Waals surface area contributed by atoms with Gasteiger partial charge in [-0.05, 0) is 54.0 Å². The second kappa shape index (κ2) is 6.82. The fraction of sp³-hybridized carbons (Fsp3) is 0.500. The number of ether oxygens (including phenoxy) is 1. The standard InChI is InChI=1S/C12H16BrN3O2/c13-9-1-2-11(15-7-9)16-12(17)8-18-10-3-5-14-6-4-10/h1-2,7,10,14H,3-6,8H2,(H,15,16,17). The number of aromatic nitrogens is 1. The van der Waals surface area contributed by atoms with Crippen LogP contribution >= 0.6 is 15.9 Å². The van der Waals surface area contributed by atoms with E-state index in [0.717, 1.165) is 30.4 Å². The van der Waals surface area contributed by atoms with E-state index in [1.807, 2.05) is 6.07 Å². The zero-order valence-corrected chi connectivity index (χ0v) is 11.6. The molecule has 5 nitrogen and oxygen atoms in total. The lowest BCUT2D eigenvalue weighted by Crippen LogP contribution is -2.34. The molecule has 6 heteroatoms. The van der Waals surface area contributed by atoms with Crippen LogP contribution in [0, 0.1) is 0 Å². The van der Waals surface area contributed by atoms with Gasteiger partial charge in [0.1, 0.15) is 12.4 Å². The summed E-state index contributed by atoms with van der Waals surface area (Å²) in [7, 11) is 0. The van der Waals surface area contributed by atoms with E-state index >= 15 is 0 Å². The Kier molecular flexibility index (Phi) is 5.10. The molecule has 0 aliphatic carbocycles. The number of nitrogens with one attached hydrogen (secondary N) is 2. The highest BCUT2D eigenvalue weighted by molar-refractivity contribution is 9.10. The van der Waals surface area contributed by atoms with Crippen molar-refractivity contribution in [3.8, 4) is 0 Å². The molecular weight excluding hydrogens is 298 g/mol. The third-order valence-electron chi connectivity index (χ3n) is 2.73. The highest BCUT2D eigenvalue weighted by Crippen LogP contribution is 2.11. The number of piperidine rings is 1. The van der Waals surface area contributed by atoms with Crippen molar-refractivity contribution in [2.45, 2.75) is 18.9 Å². The van der Waals surface area contributed by atoms with Gasteiger partial charge >= 0.3 is 0 Å². The Morgan fingerprint density at radius 1 is 1.50 bits per heavy atom. The van der Waals surface area contributed by atoms with Crippen molar-refractivity contribution < 1.29 is 9.53 Å². The fourth-order valence-electron chi connectivity index (χ4n) is 1.78. The van der Waals surface area contributed by atoms with E-state index in [-0.39, 0.29) is 18.6 Å². The number of carbonyl (C=O) groups is 1. The van der Waals surface area contributed by atoms with Gasteiger partial charge in [-0.3, -0.25) is 4.79 Å². The summed E-state index contributed by atoms with van der Waals surface area (Å²) in [5, 5.41) is 5.95. The van der Waals surface area contributed by atoms with E-state index in [4.69, 9.17) is 4.74 Å². The Bertz CT molecular complexity index is 391. The van der Waals surface area contributed by atoms with Gasteiger partial charge in [-0.15, -0.1) is 0 Å². The number of halogens is 1. The van der Waals surface area contributed by atoms with Crippen LogP contribution in [0.3, 0.4) is 0 Å². The summed E-state index contributed by atoms with van der Waals surface area (Å²) in [6.45, 7) is 2.00. The van der Waals surface area contributed by atoms with Crippen LogP contribution in [0.2, 0.25) is 0 Å². The van der Waals surface area contributed by atoms with Crippen LogP contribution in [0.1, 0.15) is 12.8 Å². The molecule has 0 unspecified atom stereocenters. The van der Waals surface area contributed by atoms with E-state index in [0.29, 0.717) is 5.82 Å². The van der Waals surface area contributed by atoms with Crippen LogP contribution in [0.15, 0.2) is 22.8 Å². The average Bonchev–Trinajstić information content (AvgIpc) is 2.40. The van der Waals surface area contributed by atoms with Gasteiger partial charge in [-0.25, -0.2) is 4.98 Å². The molecule has 0 bridgehead atoms. The maximum atomic E-state index is 11.6. The first kappa shape index (κ1) is 13.5. The quantitative estimate of drug-likeness (QED) is 0.885. The topological polar surface area (TPSA) is 63.2 Å². The molecule has 2 heterocycles. The molecule has 2 rings (SSSR count). The minimum absolute atomic E-state index is 0.0857. The van der Waals surface area contributed by atoms with Gasteiger partial charge in [0.25, 0.3) is 5.91 Å². The molecule has 1 fully saturated rings. The normalized spacial score (nSPS) is 16.5. The largest absolute Gasteiger partial charge is 0.368 e. The lowest BCUT2D eigenvalue weighted by Gasteiger charge is -2.22. The number of hydrogen-bond acceptors (Lipinski definition) is 4. The Hall–Kier alpha value is -0.980. The molecule has 1 aromatic rings. The van der Waals surface area contributed by atoms with Gasteiger partial charge in [-0.1, -0.05) is 0 Å². The van der Waals surface area contributed by atoms with Crippen molar-refractivity contribution in [3.05, 3.63) is 22.8 Å². The minimum Gasteiger partial charge on any atom is -0.368 e. The van der Waals surface area contributed by atoms with Gasteiger partial charge in [0.05, 0.1) is 6.10 Å². The predicted molar refractivity (Wildman–Crippen MR) is 72.4 cm³/mol.